The Kier molecular flexibility index (Phi) is 2.60. The molecule has 0 unspecified atom stereocenters. The number of hydrogen-bond donors (Lipinski definition) is 2. The van der Waals surface area contributed by atoms with E-state index in [0.717, 1.165) is 0 Å². The number of Topliss-reactive ketones (excluding diaryl/α,β-unsaturated/α-hetero) is 1. The molecule has 1 rings (SSSR count). The molecule has 0 spiro atoms. The van der Waals surface area contributed by atoms with E-state index in [1.807, 2.05) is 0 Å². The normalized spacial score (nSPS) is 10.1. The number of ketones is 1. The molecule has 0 bridgehead atoms. The minimum Gasteiger partial charge on any atom is -0.504 e. The summed E-state index contributed by atoms with van der Waals surface area (Å²) in [5.74, 6) is -0.0154. The number of anilines is 1. The maximum Gasteiger partial charge on any atom is 0.182 e. The summed E-state index contributed by atoms with van der Waals surface area (Å²) in [5, 5.41) is 12.4. The first-order valence-electron chi connectivity index (χ1n) is 4.21. The lowest BCUT2D eigenvalue weighted by molar-refractivity contribution is 0.0977. The zero-order chi connectivity index (χ0) is 10.0. The molecule has 2 N–H and O–H groups in total. The van der Waals surface area contributed by atoms with Crippen LogP contribution in [0.15, 0.2) is 6.20 Å². The molecule has 4 heteroatoms. The quantitative estimate of drug-likeness (QED) is 0.694. The molecule has 0 radical (unpaired) electrons. The summed E-state index contributed by atoms with van der Waals surface area (Å²) in [5.41, 5.74) is 0.950. The molecule has 0 fully saturated rings. The molecule has 0 aromatic carbocycles. The molecule has 0 atom stereocenters. The molecular formula is C9H14N2O2. The number of rotatable bonds is 3. The third-order valence-corrected chi connectivity index (χ3v) is 2.01. The SMILES string of the molecule is CCC(=O)c1c(O)c(NC)cn1C. The molecule has 0 aliphatic rings. The number of carbonyl (C=O) groups excluding carboxylic acids is 1. The molecule has 0 saturated carbocycles. The molecule has 13 heavy (non-hydrogen) atoms. The molecule has 0 aliphatic carbocycles. The van der Waals surface area contributed by atoms with E-state index in [0.29, 0.717) is 17.8 Å². The van der Waals surface area contributed by atoms with Gasteiger partial charge in [-0.3, -0.25) is 4.79 Å². The molecular weight excluding hydrogens is 168 g/mol. The highest BCUT2D eigenvalue weighted by molar-refractivity contribution is 5.98. The van der Waals surface area contributed by atoms with Crippen LogP contribution in [-0.2, 0) is 7.05 Å². The molecule has 4 nitrogen and oxygen atoms in total. The summed E-state index contributed by atoms with van der Waals surface area (Å²) in [6.07, 6.45) is 2.09. The summed E-state index contributed by atoms with van der Waals surface area (Å²) in [4.78, 5) is 11.4. The number of hydrogen-bond acceptors (Lipinski definition) is 3. The van der Waals surface area contributed by atoms with Gasteiger partial charge in [0.15, 0.2) is 11.5 Å². The molecule has 0 amide bonds. The van der Waals surface area contributed by atoms with E-state index in [1.165, 1.54) is 0 Å². The summed E-state index contributed by atoms with van der Waals surface area (Å²) in [6.45, 7) is 1.77. The van der Waals surface area contributed by atoms with Gasteiger partial charge >= 0.3 is 0 Å². The van der Waals surface area contributed by atoms with Crippen LogP contribution in [-0.4, -0.2) is 22.5 Å². The predicted octanol–water partition coefficient (Wildman–Crippen LogP) is 1.37. The van der Waals surface area contributed by atoms with Gasteiger partial charge in [-0.1, -0.05) is 6.92 Å². The van der Waals surface area contributed by atoms with E-state index >= 15 is 0 Å². The summed E-state index contributed by atoms with van der Waals surface area (Å²) in [6, 6.07) is 0. The fourth-order valence-corrected chi connectivity index (χ4v) is 1.29. The molecule has 72 valence electrons. The fraction of sp³-hybridized carbons (Fsp3) is 0.444. The van der Waals surface area contributed by atoms with E-state index in [9.17, 15) is 9.90 Å². The van der Waals surface area contributed by atoms with E-state index in [-0.39, 0.29) is 11.5 Å². The van der Waals surface area contributed by atoms with E-state index in [1.54, 1.807) is 31.8 Å². The highest BCUT2D eigenvalue weighted by Crippen LogP contribution is 2.29. The van der Waals surface area contributed by atoms with Crippen LogP contribution in [0.25, 0.3) is 0 Å². The second kappa shape index (κ2) is 3.51. The number of nitrogens with zero attached hydrogens (tertiary/aromatic N) is 1. The van der Waals surface area contributed by atoms with Crippen molar-refractivity contribution in [2.45, 2.75) is 13.3 Å². The minimum atomic E-state index is -0.0542. The average molecular weight is 182 g/mol. The highest BCUT2D eigenvalue weighted by atomic mass is 16.3. The Morgan fingerprint density at radius 2 is 2.31 bits per heavy atom. The zero-order valence-electron chi connectivity index (χ0n) is 8.09. The monoisotopic (exact) mass is 182 g/mol. The van der Waals surface area contributed by atoms with Crippen molar-refractivity contribution in [3.63, 3.8) is 0 Å². The van der Waals surface area contributed by atoms with Crippen LogP contribution >= 0.6 is 0 Å². The Bertz CT molecular complexity index is 329. The number of carbonyl (C=O) groups is 1. The maximum absolute atomic E-state index is 11.4. The van der Waals surface area contributed by atoms with Crippen molar-refractivity contribution in [3.8, 4) is 5.75 Å². The van der Waals surface area contributed by atoms with E-state index in [4.69, 9.17) is 0 Å². The number of aryl methyl sites for hydroxylation is 1. The van der Waals surface area contributed by atoms with Crippen molar-refractivity contribution in [2.24, 2.45) is 7.05 Å². The molecule has 0 aliphatic heterocycles. The van der Waals surface area contributed by atoms with Gasteiger partial charge in [0.1, 0.15) is 5.69 Å². The van der Waals surface area contributed by atoms with E-state index in [2.05, 4.69) is 5.32 Å². The van der Waals surface area contributed by atoms with Crippen molar-refractivity contribution in [1.82, 2.24) is 4.57 Å². The molecule has 1 aromatic heterocycles. The first-order chi connectivity index (χ1) is 6.11. The standard InChI is InChI=1S/C9H14N2O2/c1-4-7(12)8-9(13)6(10-2)5-11(8)3/h5,10,13H,4H2,1-3H3. The summed E-state index contributed by atoms with van der Waals surface area (Å²) >= 11 is 0. The Balaban J connectivity index is 3.20. The first-order valence-corrected chi connectivity index (χ1v) is 4.21. The van der Waals surface area contributed by atoms with Crippen molar-refractivity contribution in [1.29, 1.82) is 0 Å². The van der Waals surface area contributed by atoms with Gasteiger partial charge in [-0.15, -0.1) is 0 Å². The second-order valence-corrected chi connectivity index (χ2v) is 2.88. The molecule has 1 heterocycles. The summed E-state index contributed by atoms with van der Waals surface area (Å²) < 4.78 is 1.63. The fourth-order valence-electron chi connectivity index (χ4n) is 1.29. The molecule has 1 aromatic rings. The number of aromatic nitrogens is 1. The van der Waals surface area contributed by atoms with Crippen molar-refractivity contribution < 1.29 is 9.90 Å². The van der Waals surface area contributed by atoms with Gasteiger partial charge in [0.25, 0.3) is 0 Å². The largest absolute Gasteiger partial charge is 0.504 e. The topological polar surface area (TPSA) is 54.3 Å². The van der Waals surface area contributed by atoms with Crippen LogP contribution in [0, 0.1) is 0 Å². The lowest BCUT2D eigenvalue weighted by Crippen LogP contribution is -2.03. The van der Waals surface area contributed by atoms with Gasteiger partial charge in [0.2, 0.25) is 0 Å². The highest BCUT2D eigenvalue weighted by Gasteiger charge is 2.17. The van der Waals surface area contributed by atoms with Crippen molar-refractivity contribution >= 4 is 11.5 Å². The average Bonchev–Trinajstić information content (AvgIpc) is 2.40. The Morgan fingerprint density at radius 1 is 1.69 bits per heavy atom. The Hall–Kier alpha value is -1.45. The van der Waals surface area contributed by atoms with Gasteiger partial charge in [-0.2, -0.15) is 0 Å². The van der Waals surface area contributed by atoms with E-state index < -0.39 is 0 Å². The second-order valence-electron chi connectivity index (χ2n) is 2.88. The van der Waals surface area contributed by atoms with Gasteiger partial charge in [0.05, 0.1) is 5.69 Å². The van der Waals surface area contributed by atoms with Crippen LogP contribution in [0.1, 0.15) is 23.8 Å². The third kappa shape index (κ3) is 1.52. The van der Waals surface area contributed by atoms with Crippen LogP contribution in [0.3, 0.4) is 0 Å². The minimum absolute atomic E-state index is 0.0388. The summed E-state index contributed by atoms with van der Waals surface area (Å²) in [7, 11) is 3.44. The first kappa shape index (κ1) is 9.64. The van der Waals surface area contributed by atoms with Crippen LogP contribution < -0.4 is 5.32 Å². The number of nitrogens with one attached hydrogen (secondary N) is 1. The Labute approximate surface area is 77.2 Å². The third-order valence-electron chi connectivity index (χ3n) is 2.01. The van der Waals surface area contributed by atoms with Crippen LogP contribution in [0.4, 0.5) is 5.69 Å². The molecule has 0 saturated heterocycles. The van der Waals surface area contributed by atoms with Gasteiger partial charge in [0, 0.05) is 26.7 Å². The smallest absolute Gasteiger partial charge is 0.182 e. The van der Waals surface area contributed by atoms with Gasteiger partial charge < -0.3 is 15.0 Å². The lowest BCUT2D eigenvalue weighted by Gasteiger charge is -2.00. The lowest BCUT2D eigenvalue weighted by atomic mass is 10.2. The van der Waals surface area contributed by atoms with Crippen molar-refractivity contribution in [2.75, 3.05) is 12.4 Å². The van der Waals surface area contributed by atoms with Crippen LogP contribution in [0.2, 0.25) is 0 Å². The van der Waals surface area contributed by atoms with Gasteiger partial charge in [-0.05, 0) is 0 Å². The predicted molar refractivity (Wildman–Crippen MR) is 51.2 cm³/mol. The van der Waals surface area contributed by atoms with Crippen LogP contribution in [0.5, 0.6) is 5.75 Å². The van der Waals surface area contributed by atoms with Gasteiger partial charge in [-0.25, -0.2) is 0 Å². The Morgan fingerprint density at radius 3 is 2.69 bits per heavy atom. The van der Waals surface area contributed by atoms with Crippen molar-refractivity contribution in [3.05, 3.63) is 11.9 Å². The number of aromatic hydroxyl groups is 1. The zero-order valence-corrected chi connectivity index (χ0v) is 8.09. The maximum atomic E-state index is 11.4.